The number of likely N-dealkylation sites (tertiary alicyclic amines) is 1. The molecule has 0 N–H and O–H groups in total. The van der Waals surface area contributed by atoms with Gasteiger partial charge in [-0.2, -0.15) is 0 Å². The minimum Gasteiger partial charge on any atom is -0.425 e. The van der Waals surface area contributed by atoms with Gasteiger partial charge in [0.25, 0.3) is 0 Å². The van der Waals surface area contributed by atoms with E-state index in [1.807, 2.05) is 30.3 Å². The molecule has 1 saturated heterocycles. The van der Waals surface area contributed by atoms with Gasteiger partial charge in [-0.1, -0.05) is 42.5 Å². The van der Waals surface area contributed by atoms with Crippen molar-refractivity contribution in [1.82, 2.24) is 4.90 Å². The average molecular weight is 456 g/mol. The molecule has 6 nitrogen and oxygen atoms in total. The molecule has 2 bridgehead atoms. The molecular formula is C28H25NO5. The van der Waals surface area contributed by atoms with E-state index in [1.54, 1.807) is 24.3 Å². The summed E-state index contributed by atoms with van der Waals surface area (Å²) < 4.78 is 5.63. The smallest absolute Gasteiger partial charge is 0.335 e. The fourth-order valence-corrected chi connectivity index (χ4v) is 6.35. The average Bonchev–Trinajstić information content (AvgIpc) is 3.62. The van der Waals surface area contributed by atoms with Crippen molar-refractivity contribution < 1.29 is 23.9 Å². The molecule has 2 aromatic carbocycles. The van der Waals surface area contributed by atoms with Gasteiger partial charge in [0.2, 0.25) is 11.8 Å². The zero-order valence-electron chi connectivity index (χ0n) is 18.8. The molecule has 0 aromatic heterocycles. The van der Waals surface area contributed by atoms with Gasteiger partial charge in [0.05, 0.1) is 11.8 Å². The Morgan fingerprint density at radius 3 is 2.06 bits per heavy atom. The third-order valence-corrected chi connectivity index (χ3v) is 8.03. The first kappa shape index (κ1) is 21.0. The minimum atomic E-state index is -1.05. The summed E-state index contributed by atoms with van der Waals surface area (Å²) in [6, 6.07) is 14.6. The maximum Gasteiger partial charge on any atom is 0.335 e. The quantitative estimate of drug-likeness (QED) is 0.219. The van der Waals surface area contributed by atoms with Crippen LogP contribution in [0.15, 0.2) is 66.7 Å². The molecule has 0 spiro atoms. The predicted molar refractivity (Wildman–Crippen MR) is 123 cm³/mol. The molecule has 5 aliphatic rings. The molecular weight excluding hydrogens is 430 g/mol. The number of amides is 2. The van der Waals surface area contributed by atoms with Gasteiger partial charge in [-0.3, -0.25) is 19.3 Å². The second kappa shape index (κ2) is 7.76. The lowest BCUT2D eigenvalue weighted by molar-refractivity contribution is -0.153. The van der Waals surface area contributed by atoms with Crippen molar-refractivity contribution in [3.63, 3.8) is 0 Å². The van der Waals surface area contributed by atoms with Crippen LogP contribution in [0.2, 0.25) is 0 Å². The topological polar surface area (TPSA) is 80.8 Å². The number of carbonyl (C=O) groups excluding carboxylic acids is 4. The Morgan fingerprint density at radius 1 is 0.912 bits per heavy atom. The summed E-state index contributed by atoms with van der Waals surface area (Å²) in [5.74, 6) is -0.523. The number of benzene rings is 2. The van der Waals surface area contributed by atoms with Crippen molar-refractivity contribution in [2.45, 2.75) is 25.8 Å². The number of hydrogen-bond acceptors (Lipinski definition) is 5. The lowest BCUT2D eigenvalue weighted by Gasteiger charge is -2.37. The number of esters is 1. The largest absolute Gasteiger partial charge is 0.425 e. The number of allylic oxidation sites excluding steroid dienone is 2. The first-order valence-electron chi connectivity index (χ1n) is 11.9. The normalized spacial score (nSPS) is 31.1. The van der Waals surface area contributed by atoms with Crippen LogP contribution in [0.3, 0.4) is 0 Å². The highest BCUT2D eigenvalue weighted by Crippen LogP contribution is 2.65. The Morgan fingerprint density at radius 2 is 1.50 bits per heavy atom. The van der Waals surface area contributed by atoms with Gasteiger partial charge in [0.15, 0.2) is 5.78 Å². The van der Waals surface area contributed by atoms with Crippen LogP contribution >= 0.6 is 0 Å². The van der Waals surface area contributed by atoms with Crippen molar-refractivity contribution in [3.05, 3.63) is 77.9 Å². The van der Waals surface area contributed by atoms with Crippen LogP contribution in [-0.2, 0) is 20.8 Å². The third-order valence-electron chi connectivity index (χ3n) is 8.03. The summed E-state index contributed by atoms with van der Waals surface area (Å²) >= 11 is 0. The molecule has 4 aliphatic carbocycles. The highest BCUT2D eigenvalue weighted by Gasteiger charge is 2.68. The SMILES string of the molecule is CC(=O)c1ccc(OC(=O)[C@@H](Cc2ccccc2)N2C(=O)[C@H]3[C@@H]4C=C[C@H]([C@H]5C[C@H]45)[C@@H]3C2=O)cc1. The molecule has 172 valence electrons. The number of imide groups is 1. The summed E-state index contributed by atoms with van der Waals surface area (Å²) in [6.07, 6.45) is 5.52. The number of rotatable bonds is 6. The lowest BCUT2D eigenvalue weighted by Crippen LogP contribution is -2.48. The maximum atomic E-state index is 13.6. The Labute approximate surface area is 197 Å². The Balaban J connectivity index is 1.30. The van der Waals surface area contributed by atoms with Crippen LogP contribution in [0.1, 0.15) is 29.3 Å². The van der Waals surface area contributed by atoms with Gasteiger partial charge >= 0.3 is 5.97 Å². The first-order chi connectivity index (χ1) is 16.4. The van der Waals surface area contributed by atoms with Gasteiger partial charge in [-0.25, -0.2) is 4.79 Å². The fraction of sp³-hybridized carbons (Fsp3) is 0.357. The van der Waals surface area contributed by atoms with Gasteiger partial charge in [-0.15, -0.1) is 0 Å². The van der Waals surface area contributed by atoms with E-state index in [2.05, 4.69) is 12.2 Å². The summed E-state index contributed by atoms with van der Waals surface area (Å²) in [6.45, 7) is 1.47. The van der Waals surface area contributed by atoms with Crippen LogP contribution in [0.25, 0.3) is 0 Å². The number of ether oxygens (including phenoxy) is 1. The van der Waals surface area contributed by atoms with E-state index in [0.29, 0.717) is 17.4 Å². The van der Waals surface area contributed by atoms with Crippen molar-refractivity contribution in [1.29, 1.82) is 0 Å². The molecule has 2 saturated carbocycles. The van der Waals surface area contributed by atoms with Crippen LogP contribution in [-0.4, -0.2) is 34.5 Å². The highest BCUT2D eigenvalue weighted by atomic mass is 16.5. The van der Waals surface area contributed by atoms with E-state index in [4.69, 9.17) is 4.74 Å². The van der Waals surface area contributed by atoms with E-state index in [9.17, 15) is 19.2 Å². The molecule has 6 heteroatoms. The Hall–Kier alpha value is -3.54. The lowest BCUT2D eigenvalue weighted by atomic mass is 9.63. The van der Waals surface area contributed by atoms with Crippen molar-refractivity contribution in [2.24, 2.45) is 35.5 Å². The molecule has 2 aromatic rings. The summed E-state index contributed by atoms with van der Waals surface area (Å²) in [5, 5.41) is 0. The van der Waals surface area contributed by atoms with E-state index in [-0.39, 0.29) is 53.4 Å². The number of Topliss-reactive ketones (excluding diaryl/α,β-unsaturated/α-hetero) is 1. The minimum absolute atomic E-state index is 0.0861. The third kappa shape index (κ3) is 3.23. The zero-order chi connectivity index (χ0) is 23.6. The monoisotopic (exact) mass is 455 g/mol. The molecule has 3 fully saturated rings. The van der Waals surface area contributed by atoms with E-state index in [0.717, 1.165) is 12.0 Å². The van der Waals surface area contributed by atoms with Crippen molar-refractivity contribution >= 4 is 23.6 Å². The predicted octanol–water partition coefficient (Wildman–Crippen LogP) is 3.46. The van der Waals surface area contributed by atoms with E-state index < -0.39 is 12.0 Å². The van der Waals surface area contributed by atoms with Crippen LogP contribution in [0.4, 0.5) is 0 Å². The van der Waals surface area contributed by atoms with E-state index in [1.165, 1.54) is 11.8 Å². The second-order valence-corrected chi connectivity index (χ2v) is 9.91. The molecule has 7 rings (SSSR count). The highest BCUT2D eigenvalue weighted by molar-refractivity contribution is 6.09. The molecule has 2 amide bonds. The van der Waals surface area contributed by atoms with Gasteiger partial charge in [-0.05, 0) is 66.8 Å². The van der Waals surface area contributed by atoms with Gasteiger partial charge < -0.3 is 4.74 Å². The first-order valence-corrected chi connectivity index (χ1v) is 11.9. The molecule has 1 aliphatic heterocycles. The second-order valence-electron chi connectivity index (χ2n) is 9.91. The number of ketones is 1. The zero-order valence-corrected chi connectivity index (χ0v) is 18.8. The standard InChI is InChI=1S/C28H25NO5/c1-15(30)17-7-9-18(10-8-17)34-28(33)23(13-16-5-3-2-4-6-16)29-26(31)24-19-11-12-20(22-14-21(19)22)25(24)27(29)32/h2-12,19-25H,13-14H2,1H3/t19-,20-,21-,22-,23-,24+,25+/m1/s1. The molecule has 1 heterocycles. The van der Waals surface area contributed by atoms with Gasteiger partial charge in [0, 0.05) is 12.0 Å². The molecule has 0 radical (unpaired) electrons. The summed E-state index contributed by atoms with van der Waals surface area (Å²) in [5.41, 5.74) is 1.35. The van der Waals surface area contributed by atoms with Crippen LogP contribution in [0, 0.1) is 35.5 Å². The van der Waals surface area contributed by atoms with Crippen molar-refractivity contribution in [2.75, 3.05) is 0 Å². The van der Waals surface area contributed by atoms with Crippen LogP contribution < -0.4 is 4.74 Å². The van der Waals surface area contributed by atoms with E-state index >= 15 is 0 Å². The molecule has 34 heavy (non-hydrogen) atoms. The number of nitrogens with zero attached hydrogens (tertiary/aromatic N) is 1. The molecule has 0 unspecified atom stereocenters. The summed E-state index contributed by atoms with van der Waals surface area (Å²) in [4.78, 5) is 53.4. The fourth-order valence-electron chi connectivity index (χ4n) is 6.35. The van der Waals surface area contributed by atoms with Crippen LogP contribution in [0.5, 0.6) is 5.75 Å². The number of carbonyl (C=O) groups is 4. The number of hydrogen-bond donors (Lipinski definition) is 0. The Kier molecular flexibility index (Phi) is 4.80. The summed E-state index contributed by atoms with van der Waals surface area (Å²) in [7, 11) is 0. The maximum absolute atomic E-state index is 13.6. The van der Waals surface area contributed by atoms with Crippen molar-refractivity contribution in [3.8, 4) is 5.75 Å². The Bertz CT molecular complexity index is 1180. The van der Waals surface area contributed by atoms with Gasteiger partial charge in [0.1, 0.15) is 11.8 Å². The molecule has 7 atom stereocenters.